The van der Waals surface area contributed by atoms with E-state index in [0.29, 0.717) is 0 Å². The van der Waals surface area contributed by atoms with Crippen LogP contribution in [-0.2, 0) is 50.5 Å². The molecule has 4 aromatic heterocycles. The minimum atomic E-state index is -0.122. The minimum absolute atomic E-state index is 0.122. The van der Waals surface area contributed by atoms with Gasteiger partial charge in [0.15, 0.2) is 0 Å². The second-order valence-corrected chi connectivity index (χ2v) is 18.4. The molecule has 4 aliphatic heterocycles. The summed E-state index contributed by atoms with van der Waals surface area (Å²) in [5.74, 6) is 3.47. The summed E-state index contributed by atoms with van der Waals surface area (Å²) in [5, 5.41) is 2.31. The van der Waals surface area contributed by atoms with Crippen molar-refractivity contribution in [3.05, 3.63) is 202 Å². The Labute approximate surface area is 372 Å². The Morgan fingerprint density at radius 2 is 1.29 bits per heavy atom. The Kier molecular flexibility index (Phi) is 9.50. The van der Waals surface area contributed by atoms with E-state index in [1.165, 1.54) is 49.8 Å². The Hall–Kier alpha value is -6.62. The number of hydrogen-bond acceptors (Lipinski definition) is 3. The summed E-state index contributed by atoms with van der Waals surface area (Å²) in [6, 6.07) is 54.2. The number of aromatic nitrogens is 5. The average molecular weight is 987 g/mol. The van der Waals surface area contributed by atoms with Crippen LogP contribution in [0.4, 0.5) is 0 Å². The van der Waals surface area contributed by atoms with Crippen LogP contribution in [0.5, 0.6) is 11.5 Å². The SMILES string of the molecule is CC(C)(C)c1cc(-n2c3ccc(-c4ccccc4)cc3c3ccc(Oc4cccc(-n5cc6c7cnc(n6[c]5=[Pt])CCc5ccc(cc5)CC7)c4)cc32)ncc1-c1ccccc1. The van der Waals surface area contributed by atoms with Gasteiger partial charge in [-0.05, 0) is 27.7 Å². The van der Waals surface area contributed by atoms with Crippen LogP contribution in [-0.4, -0.2) is 23.5 Å². The third-order valence-electron chi connectivity index (χ3n) is 12.3. The van der Waals surface area contributed by atoms with Crippen molar-refractivity contribution in [1.29, 1.82) is 0 Å². The molecular formula is C55H45N5OPt. The van der Waals surface area contributed by atoms with Crippen molar-refractivity contribution in [3.8, 4) is 45.3 Å². The van der Waals surface area contributed by atoms with E-state index in [2.05, 4.69) is 212 Å². The van der Waals surface area contributed by atoms with Crippen molar-refractivity contribution in [2.24, 2.45) is 0 Å². The molecule has 0 unspecified atom stereocenters. The maximum atomic E-state index is 6.80. The van der Waals surface area contributed by atoms with Gasteiger partial charge < -0.3 is 0 Å². The smallest absolute Gasteiger partial charge is 0.0622 e. The molecule has 0 N–H and O–H groups in total. The van der Waals surface area contributed by atoms with E-state index in [0.717, 1.165) is 80.3 Å². The van der Waals surface area contributed by atoms with Gasteiger partial charge in [-0.1, -0.05) is 87.5 Å². The van der Waals surface area contributed by atoms with Crippen molar-refractivity contribution < 1.29 is 24.1 Å². The van der Waals surface area contributed by atoms with Gasteiger partial charge in [0.1, 0.15) is 0 Å². The van der Waals surface area contributed by atoms with Crippen LogP contribution in [0, 0.1) is 3.80 Å². The van der Waals surface area contributed by atoms with Gasteiger partial charge >= 0.3 is 247 Å². The van der Waals surface area contributed by atoms with Crippen LogP contribution < -0.4 is 4.74 Å². The van der Waals surface area contributed by atoms with E-state index in [9.17, 15) is 0 Å². The van der Waals surface area contributed by atoms with Gasteiger partial charge in [0.25, 0.3) is 0 Å². The standard InChI is InChI=1S/C55H45N5O.Pt/c1-55(2,3)49-32-54(57-34-48(49)40-13-8-5-9-14-40)60-50-27-24-41(39-11-6-4-7-12-39)29-47(50)46-26-25-45(31-51(46)60)61-44-16-10-15-43(30-44)58-35-52-42-23-21-37-17-19-38(20-18-37)22-28-53(56-33-42)59(52)36-58;/h4-20,24-27,29-35H,21-23,28H2,1-3H3;. The predicted molar refractivity (Wildman–Crippen MR) is 247 cm³/mol. The van der Waals surface area contributed by atoms with E-state index in [1.54, 1.807) is 0 Å². The number of nitrogens with zero attached hydrogens (tertiary/aromatic N) is 5. The van der Waals surface area contributed by atoms with E-state index >= 15 is 0 Å². The molecule has 0 saturated carbocycles. The second-order valence-electron chi connectivity index (χ2n) is 17.4. The molecular weight excluding hydrogens is 942 g/mol. The van der Waals surface area contributed by atoms with Crippen LogP contribution in [0.1, 0.15) is 48.8 Å². The summed E-state index contributed by atoms with van der Waals surface area (Å²) in [6.45, 7) is 6.83. The minimum Gasteiger partial charge on any atom is -0.0622 e. The summed E-state index contributed by atoms with van der Waals surface area (Å²) in [4.78, 5) is 10.2. The first-order valence-electron chi connectivity index (χ1n) is 21.4. The summed E-state index contributed by atoms with van der Waals surface area (Å²) < 4.78 is 14.8. The Balaban J connectivity index is 1.01. The number of pyridine rings is 1. The molecule has 10 aromatic rings. The number of ether oxygens (including phenoxy) is 1. The third kappa shape index (κ3) is 6.93. The molecule has 62 heavy (non-hydrogen) atoms. The van der Waals surface area contributed by atoms with E-state index in [-0.39, 0.29) is 5.41 Å². The van der Waals surface area contributed by atoms with Crippen LogP contribution in [0.25, 0.3) is 61.1 Å². The predicted octanol–water partition coefficient (Wildman–Crippen LogP) is 13.0. The topological polar surface area (TPSA) is 49.3 Å². The normalized spacial score (nSPS) is 12.9. The number of rotatable bonds is 6. The number of aryl methyl sites for hydroxylation is 4. The van der Waals surface area contributed by atoms with Crippen LogP contribution >= 0.6 is 0 Å². The first-order chi connectivity index (χ1) is 30.2. The molecule has 0 amide bonds. The van der Waals surface area contributed by atoms with Gasteiger partial charge in [-0.3, -0.25) is 0 Å². The number of imidazole rings is 1. The third-order valence-corrected chi connectivity index (χ3v) is 13.4. The Morgan fingerprint density at radius 1 is 0.565 bits per heavy atom. The molecule has 6 aromatic carbocycles. The summed E-state index contributed by atoms with van der Waals surface area (Å²) in [6.07, 6.45) is 10.1. The quantitative estimate of drug-likeness (QED) is 0.167. The Bertz CT molecular complexity index is 3370. The molecule has 0 spiro atoms. The van der Waals surface area contributed by atoms with Crippen molar-refractivity contribution in [1.82, 2.24) is 23.5 Å². The van der Waals surface area contributed by atoms with Crippen LogP contribution in [0.3, 0.4) is 0 Å². The number of hydrogen-bond donors (Lipinski definition) is 0. The van der Waals surface area contributed by atoms with Gasteiger partial charge in [0, 0.05) is 11.8 Å². The van der Waals surface area contributed by atoms with Gasteiger partial charge in [0.05, 0.1) is 0 Å². The molecule has 0 fully saturated rings. The molecule has 8 heterocycles. The molecule has 306 valence electrons. The van der Waals surface area contributed by atoms with Crippen molar-refractivity contribution in [2.75, 3.05) is 0 Å². The zero-order valence-electron chi connectivity index (χ0n) is 35.0. The number of benzene rings is 6. The van der Waals surface area contributed by atoms with Crippen LogP contribution in [0.15, 0.2) is 170 Å². The Morgan fingerprint density at radius 3 is 2.05 bits per heavy atom. The van der Waals surface area contributed by atoms with Gasteiger partial charge in [-0.2, -0.15) is 0 Å². The fourth-order valence-electron chi connectivity index (χ4n) is 9.11. The van der Waals surface area contributed by atoms with Gasteiger partial charge in [-0.25, -0.2) is 0 Å². The molecule has 0 atom stereocenters. The zero-order chi connectivity index (χ0) is 42.0. The fraction of sp³-hybridized carbons (Fsp3) is 0.145. The first-order valence-corrected chi connectivity index (χ1v) is 22.5. The van der Waals surface area contributed by atoms with E-state index < -0.39 is 0 Å². The molecule has 4 bridgehead atoms. The summed E-state index contributed by atoms with van der Waals surface area (Å²) in [5.41, 5.74) is 14.1. The van der Waals surface area contributed by atoms with Gasteiger partial charge in [0.2, 0.25) is 0 Å². The summed E-state index contributed by atoms with van der Waals surface area (Å²) in [7, 11) is 0. The van der Waals surface area contributed by atoms with E-state index in [1.807, 2.05) is 12.3 Å². The number of fused-ring (bicyclic) bond motifs is 3. The average Bonchev–Trinajstić information content (AvgIpc) is 3.82. The van der Waals surface area contributed by atoms with Crippen molar-refractivity contribution in [2.45, 2.75) is 51.9 Å². The second kappa shape index (κ2) is 15.4. The molecule has 6 nitrogen and oxygen atoms in total. The fourth-order valence-corrected chi connectivity index (χ4v) is 10.1. The monoisotopic (exact) mass is 986 g/mol. The molecule has 0 saturated heterocycles. The molecule has 0 aliphatic carbocycles. The van der Waals surface area contributed by atoms with E-state index in [4.69, 9.17) is 14.7 Å². The molecule has 7 heteroatoms. The molecule has 4 aliphatic rings. The zero-order valence-corrected chi connectivity index (χ0v) is 37.2. The van der Waals surface area contributed by atoms with Gasteiger partial charge in [-0.15, -0.1) is 0 Å². The maximum absolute atomic E-state index is 6.80. The summed E-state index contributed by atoms with van der Waals surface area (Å²) >= 11 is 2.46. The first kappa shape index (κ1) is 38.3. The van der Waals surface area contributed by atoms with Crippen molar-refractivity contribution in [3.63, 3.8) is 0 Å². The molecule has 0 radical (unpaired) electrons. The van der Waals surface area contributed by atoms with Crippen LogP contribution in [0.2, 0.25) is 0 Å². The van der Waals surface area contributed by atoms with Crippen molar-refractivity contribution >= 4 is 27.3 Å². The molecule has 14 rings (SSSR count).